The molecule has 0 unspecified atom stereocenters. The molecular weight excluding hydrogens is 618 g/mol. The number of ether oxygens (including phenoxy) is 1. The zero-order valence-electron chi connectivity index (χ0n) is 25.2. The zero-order chi connectivity index (χ0) is 31.4. The van der Waals surface area contributed by atoms with Gasteiger partial charge in [0.15, 0.2) is 0 Å². The Labute approximate surface area is 264 Å². The van der Waals surface area contributed by atoms with Crippen LogP contribution in [0, 0.1) is 0 Å². The summed E-state index contributed by atoms with van der Waals surface area (Å²) in [4.78, 5) is 1.52. The largest absolute Gasteiger partial charge is 0.455 e. The molecule has 44 heavy (non-hydrogen) atoms. The van der Waals surface area contributed by atoms with Gasteiger partial charge in [0.1, 0.15) is 11.5 Å². The summed E-state index contributed by atoms with van der Waals surface area (Å²) in [6.07, 6.45) is 9.22. The lowest BCUT2D eigenvalue weighted by molar-refractivity contribution is 0.453. The molecule has 0 amide bonds. The molecule has 0 radical (unpaired) electrons. The molecule has 0 aromatic heterocycles. The van der Waals surface area contributed by atoms with Crippen LogP contribution >= 0.6 is 10.7 Å². The van der Waals surface area contributed by atoms with Gasteiger partial charge in [-0.3, -0.25) is 4.55 Å². The number of hydrogen-bond acceptors (Lipinski definition) is 6. The van der Waals surface area contributed by atoms with Gasteiger partial charge >= 0.3 is 0 Å². The number of nitrogens with zero attached hydrogens (tertiary/aromatic N) is 1. The maximum Gasteiger partial charge on any atom is 0.294 e. The molecule has 0 fully saturated rings. The van der Waals surface area contributed by atoms with Crippen molar-refractivity contribution in [1.29, 1.82) is 0 Å². The van der Waals surface area contributed by atoms with Gasteiger partial charge in [-0.05, 0) is 92.0 Å². The van der Waals surface area contributed by atoms with Crippen LogP contribution in [0.1, 0.15) is 85.8 Å². The Bertz CT molecular complexity index is 2000. The number of rotatable bonds is 9. The lowest BCUT2D eigenvalue weighted by Crippen LogP contribution is -2.35. The van der Waals surface area contributed by atoms with E-state index in [2.05, 4.69) is 37.5 Å². The molecule has 0 spiro atoms. The van der Waals surface area contributed by atoms with Crippen molar-refractivity contribution in [3.8, 4) is 11.5 Å². The zero-order valence-corrected chi connectivity index (χ0v) is 27.6. The Balaban J connectivity index is 1.79. The molecule has 6 rings (SSSR count). The molecule has 10 heteroatoms. The lowest BCUT2D eigenvalue weighted by atomic mass is 9.83. The summed E-state index contributed by atoms with van der Waals surface area (Å²) >= 11 is 0. The standard InChI is InChI=1S/C34H38ClNO6S2/c1-4-6-10-22-18-28-31(26-15-14-24(44(39,40)41)20-30(26)43(35,37)38)29-19-23-11-8-16-36-17-9-13-27(32(23)36)34(29)42-33(28)25(21(22)3)12-7-5-2/h14-15,18-20H,3-13,16-17H2,1-2H3,(H,39,40,41). The van der Waals surface area contributed by atoms with E-state index in [-0.39, 0.29) is 10.5 Å². The van der Waals surface area contributed by atoms with E-state index >= 15 is 0 Å². The topological polar surface area (TPSA) is 101 Å². The summed E-state index contributed by atoms with van der Waals surface area (Å²) in [5, 5.41) is 1.70. The molecule has 7 nitrogen and oxygen atoms in total. The van der Waals surface area contributed by atoms with Crippen molar-refractivity contribution in [2.75, 3.05) is 18.0 Å². The number of benzene rings is 3. The summed E-state index contributed by atoms with van der Waals surface area (Å²) in [6, 6.07) is 7.82. The summed E-state index contributed by atoms with van der Waals surface area (Å²) < 4.78 is 67.1. The Morgan fingerprint density at radius 2 is 1.64 bits per heavy atom. The maximum absolute atomic E-state index is 13.1. The number of anilines is 1. The van der Waals surface area contributed by atoms with Gasteiger partial charge < -0.3 is 9.64 Å². The highest BCUT2D eigenvalue weighted by Crippen LogP contribution is 2.49. The summed E-state index contributed by atoms with van der Waals surface area (Å²) in [6.45, 7) is 10.8. The highest BCUT2D eigenvalue weighted by atomic mass is 35.7. The van der Waals surface area contributed by atoms with E-state index < -0.39 is 24.1 Å². The van der Waals surface area contributed by atoms with E-state index in [0.717, 1.165) is 116 Å². The van der Waals surface area contributed by atoms with E-state index in [4.69, 9.17) is 15.4 Å². The third-order valence-corrected chi connectivity index (χ3v) is 11.4. The number of aryl methyl sites for hydroxylation is 2. The average Bonchev–Trinajstić information content (AvgIpc) is 2.98. The first-order valence-electron chi connectivity index (χ1n) is 15.5. The Morgan fingerprint density at radius 3 is 2.32 bits per heavy atom. The highest BCUT2D eigenvalue weighted by molar-refractivity contribution is 8.13. The molecule has 1 N–H and O–H groups in total. The minimum Gasteiger partial charge on any atom is -0.455 e. The molecule has 0 saturated carbocycles. The van der Waals surface area contributed by atoms with Crippen LogP contribution in [0.4, 0.5) is 5.69 Å². The van der Waals surface area contributed by atoms with E-state index in [1.807, 2.05) is 0 Å². The second-order valence-corrected chi connectivity index (χ2v) is 16.0. The predicted octanol–water partition coefficient (Wildman–Crippen LogP) is 6.01. The van der Waals surface area contributed by atoms with Gasteiger partial charge in [0.2, 0.25) is 0 Å². The third-order valence-electron chi connectivity index (χ3n) is 9.17. The van der Waals surface area contributed by atoms with Crippen LogP contribution in [0.2, 0.25) is 0 Å². The number of unbranched alkanes of at least 4 members (excludes halogenated alkanes) is 2. The Morgan fingerprint density at radius 1 is 0.932 bits per heavy atom. The summed E-state index contributed by atoms with van der Waals surface area (Å²) in [5.41, 5.74) is 7.32. The molecule has 3 aliphatic heterocycles. The van der Waals surface area contributed by atoms with E-state index in [0.29, 0.717) is 17.1 Å². The van der Waals surface area contributed by atoms with Gasteiger partial charge in [-0.15, -0.1) is 0 Å². The van der Waals surface area contributed by atoms with Crippen LogP contribution in [-0.2, 0) is 44.9 Å². The van der Waals surface area contributed by atoms with Crippen LogP contribution < -0.4 is 20.1 Å². The Hall–Kier alpha value is -2.85. The first-order chi connectivity index (χ1) is 20.9. The van der Waals surface area contributed by atoms with Gasteiger partial charge in [-0.1, -0.05) is 39.3 Å². The first-order valence-corrected chi connectivity index (χ1v) is 19.3. The highest BCUT2D eigenvalue weighted by Gasteiger charge is 2.35. The van der Waals surface area contributed by atoms with Gasteiger partial charge in [0.25, 0.3) is 19.2 Å². The number of hydrogen-bond donors (Lipinski definition) is 1. The number of halogens is 1. The molecule has 3 aromatic carbocycles. The van der Waals surface area contributed by atoms with Crippen molar-refractivity contribution in [3.05, 3.63) is 74.1 Å². The second-order valence-electron chi connectivity index (χ2n) is 12.1. The SMILES string of the molecule is C=c1c(CCCC)cc2c(c1CCCC)Oc1c(cc3c4c1CCCN4CCC3)C=2c1ccc(S(=O)(=O)O)cc1S(=O)(=O)Cl. The van der Waals surface area contributed by atoms with Crippen molar-refractivity contribution in [3.63, 3.8) is 0 Å². The molecular formula is C34H38ClNO6S2. The van der Waals surface area contributed by atoms with Crippen molar-refractivity contribution in [2.24, 2.45) is 0 Å². The van der Waals surface area contributed by atoms with E-state index in [9.17, 15) is 21.4 Å². The van der Waals surface area contributed by atoms with Crippen molar-refractivity contribution in [1.82, 2.24) is 0 Å². The Kier molecular flexibility index (Phi) is 8.37. The van der Waals surface area contributed by atoms with Crippen molar-refractivity contribution >= 4 is 47.7 Å². The molecule has 0 bridgehead atoms. The molecule has 0 saturated heterocycles. The van der Waals surface area contributed by atoms with Crippen LogP contribution in [0.5, 0.6) is 11.5 Å². The van der Waals surface area contributed by atoms with Crippen LogP contribution in [-0.4, -0.2) is 34.5 Å². The monoisotopic (exact) mass is 655 g/mol. The van der Waals surface area contributed by atoms with Gasteiger partial charge in [0.05, 0.1) is 9.79 Å². The van der Waals surface area contributed by atoms with E-state index in [1.54, 1.807) is 0 Å². The fourth-order valence-corrected chi connectivity index (χ4v) is 8.74. The van der Waals surface area contributed by atoms with Crippen molar-refractivity contribution in [2.45, 2.75) is 87.8 Å². The molecule has 3 aliphatic rings. The predicted molar refractivity (Wildman–Crippen MR) is 175 cm³/mol. The molecule has 234 valence electrons. The third kappa shape index (κ3) is 5.46. The fourth-order valence-electron chi connectivity index (χ4n) is 7.07. The van der Waals surface area contributed by atoms with Crippen LogP contribution in [0.25, 0.3) is 12.2 Å². The minimum atomic E-state index is -4.69. The first kappa shape index (κ1) is 31.1. The minimum absolute atomic E-state index is 0.272. The molecule has 3 aromatic rings. The van der Waals surface area contributed by atoms with Gasteiger partial charge in [-0.2, -0.15) is 8.42 Å². The molecule has 0 aliphatic carbocycles. The van der Waals surface area contributed by atoms with Crippen LogP contribution in [0.3, 0.4) is 0 Å². The lowest BCUT2D eigenvalue weighted by Gasteiger charge is -2.39. The maximum atomic E-state index is 13.1. The summed E-state index contributed by atoms with van der Waals surface area (Å²) in [7, 11) is -3.11. The quantitative estimate of drug-likeness (QED) is 0.174. The van der Waals surface area contributed by atoms with Crippen molar-refractivity contribution < 1.29 is 26.1 Å². The van der Waals surface area contributed by atoms with Crippen LogP contribution in [0.15, 0.2) is 40.1 Å². The molecule has 0 atom stereocenters. The summed E-state index contributed by atoms with van der Waals surface area (Å²) in [5.74, 6) is 1.39. The van der Waals surface area contributed by atoms with E-state index in [1.165, 1.54) is 23.4 Å². The van der Waals surface area contributed by atoms with Gasteiger partial charge in [-0.25, -0.2) is 8.42 Å². The van der Waals surface area contributed by atoms with Gasteiger partial charge in [0, 0.05) is 62.5 Å². The average molecular weight is 656 g/mol. The normalized spacial score (nSPS) is 15.8. The smallest absolute Gasteiger partial charge is 0.294 e. The fraction of sp³-hybridized carbons (Fsp3) is 0.412. The number of fused-ring (bicyclic) bond motifs is 3. The second kappa shape index (κ2) is 11.8. The molecule has 3 heterocycles.